The lowest BCUT2D eigenvalue weighted by Crippen LogP contribution is -2.34. The standard InChI is InChI=1S/C21H42N2.BF4/c1-4-5-6-7-8-9-10-11-12-13-14-15-16-17-18-23-20-19-22(3)21(23)2;2-1(3,4)5/h19-21H,4-18H2,1-3H3;/q;-1. The summed E-state index contributed by atoms with van der Waals surface area (Å²) in [5.41, 5.74) is 0. The van der Waals surface area contributed by atoms with Gasteiger partial charge in [0.2, 0.25) is 0 Å². The maximum absolute atomic E-state index is 9.75. The number of rotatable bonds is 15. The summed E-state index contributed by atoms with van der Waals surface area (Å²) >= 11 is 0. The summed E-state index contributed by atoms with van der Waals surface area (Å²) < 4.78 is 39.0. The fourth-order valence-corrected chi connectivity index (χ4v) is 3.42. The van der Waals surface area contributed by atoms with Gasteiger partial charge in [-0.3, -0.25) is 0 Å². The predicted molar refractivity (Wildman–Crippen MR) is 114 cm³/mol. The topological polar surface area (TPSA) is 6.48 Å². The summed E-state index contributed by atoms with van der Waals surface area (Å²) in [6.45, 7) is 5.80. The van der Waals surface area contributed by atoms with Gasteiger partial charge in [-0.1, -0.05) is 90.4 Å². The summed E-state index contributed by atoms with van der Waals surface area (Å²) in [7, 11) is -3.84. The highest BCUT2D eigenvalue weighted by Crippen LogP contribution is 2.16. The first kappa shape index (κ1) is 27.1. The van der Waals surface area contributed by atoms with Gasteiger partial charge in [0, 0.05) is 26.0 Å². The molecule has 2 nitrogen and oxygen atoms in total. The summed E-state index contributed by atoms with van der Waals surface area (Å²) in [5.74, 6) is 0. The van der Waals surface area contributed by atoms with E-state index in [1.807, 2.05) is 0 Å². The third-order valence-corrected chi connectivity index (χ3v) is 5.33. The van der Waals surface area contributed by atoms with E-state index in [9.17, 15) is 17.3 Å². The Hall–Kier alpha value is -0.875. The number of hydrogen-bond acceptors (Lipinski definition) is 2. The first-order chi connectivity index (χ1) is 13.3. The third-order valence-electron chi connectivity index (χ3n) is 5.33. The van der Waals surface area contributed by atoms with Crippen molar-refractivity contribution in [2.45, 2.75) is 110 Å². The Bertz CT molecular complexity index is 372. The first-order valence-electron chi connectivity index (χ1n) is 11.3. The summed E-state index contributed by atoms with van der Waals surface area (Å²) in [4.78, 5) is 4.74. The maximum atomic E-state index is 9.75. The molecular formula is C21H42BF4N2-. The Morgan fingerprint density at radius 2 is 1.04 bits per heavy atom. The van der Waals surface area contributed by atoms with Crippen molar-refractivity contribution in [2.24, 2.45) is 0 Å². The van der Waals surface area contributed by atoms with Crippen LogP contribution in [0.4, 0.5) is 17.3 Å². The van der Waals surface area contributed by atoms with Gasteiger partial charge < -0.3 is 27.1 Å². The van der Waals surface area contributed by atoms with E-state index in [0.717, 1.165) is 0 Å². The van der Waals surface area contributed by atoms with Gasteiger partial charge >= 0.3 is 7.25 Å². The van der Waals surface area contributed by atoms with Gasteiger partial charge in [0.25, 0.3) is 0 Å². The van der Waals surface area contributed by atoms with Crippen molar-refractivity contribution >= 4 is 7.25 Å². The molecule has 0 bridgehead atoms. The van der Waals surface area contributed by atoms with Crippen molar-refractivity contribution in [1.82, 2.24) is 9.80 Å². The van der Waals surface area contributed by atoms with E-state index in [1.54, 1.807) is 0 Å². The third kappa shape index (κ3) is 18.5. The molecule has 0 aromatic carbocycles. The fraction of sp³-hybridized carbons (Fsp3) is 0.905. The Kier molecular flexibility index (Phi) is 16.5. The molecule has 0 saturated carbocycles. The molecule has 1 aliphatic heterocycles. The Morgan fingerprint density at radius 3 is 1.36 bits per heavy atom. The van der Waals surface area contributed by atoms with Crippen LogP contribution < -0.4 is 0 Å². The second kappa shape index (κ2) is 17.0. The normalized spacial score (nSPS) is 16.5. The van der Waals surface area contributed by atoms with Crippen LogP contribution in [0.25, 0.3) is 0 Å². The largest absolute Gasteiger partial charge is 0.673 e. The lowest BCUT2D eigenvalue weighted by atomic mass is 10.0. The molecule has 0 aromatic rings. The minimum Gasteiger partial charge on any atom is -0.418 e. The first-order valence-corrected chi connectivity index (χ1v) is 11.3. The monoisotopic (exact) mass is 409 g/mol. The molecule has 0 radical (unpaired) electrons. The van der Waals surface area contributed by atoms with Crippen LogP contribution in [0.1, 0.15) is 104 Å². The molecule has 1 unspecified atom stereocenters. The molecule has 0 aromatic heterocycles. The van der Waals surface area contributed by atoms with Gasteiger partial charge in [-0.15, -0.1) is 0 Å². The van der Waals surface area contributed by atoms with Crippen molar-refractivity contribution in [2.75, 3.05) is 13.6 Å². The zero-order valence-electron chi connectivity index (χ0n) is 18.3. The molecular weight excluding hydrogens is 367 g/mol. The van der Waals surface area contributed by atoms with E-state index in [4.69, 9.17) is 0 Å². The van der Waals surface area contributed by atoms with E-state index in [1.165, 1.54) is 96.4 Å². The van der Waals surface area contributed by atoms with E-state index in [0.29, 0.717) is 6.17 Å². The number of unbranched alkanes of at least 4 members (excludes halogenated alkanes) is 13. The zero-order chi connectivity index (χ0) is 21.3. The predicted octanol–water partition coefficient (Wildman–Crippen LogP) is 7.83. The Morgan fingerprint density at radius 1 is 0.679 bits per heavy atom. The Balaban J connectivity index is 0.00000129. The lowest BCUT2D eigenvalue weighted by molar-refractivity contribution is 0.192. The quantitative estimate of drug-likeness (QED) is 0.154. The molecule has 1 atom stereocenters. The minimum absolute atomic E-state index is 0.553. The highest BCUT2D eigenvalue weighted by molar-refractivity contribution is 6.50. The van der Waals surface area contributed by atoms with Crippen LogP contribution in [-0.2, 0) is 0 Å². The van der Waals surface area contributed by atoms with Gasteiger partial charge in [-0.05, 0) is 13.3 Å². The van der Waals surface area contributed by atoms with Crippen LogP contribution in [0, 0.1) is 0 Å². The molecule has 1 rings (SSSR count). The SMILES string of the molecule is CCCCCCCCCCCCCCCCN1C=CN(C)C1C.F[B-](F)(F)F. The average molecular weight is 409 g/mol. The van der Waals surface area contributed by atoms with Crippen LogP contribution in [0.3, 0.4) is 0 Å². The van der Waals surface area contributed by atoms with Crippen molar-refractivity contribution < 1.29 is 17.3 Å². The van der Waals surface area contributed by atoms with Crippen molar-refractivity contribution in [3.63, 3.8) is 0 Å². The zero-order valence-corrected chi connectivity index (χ0v) is 18.3. The Labute approximate surface area is 170 Å². The van der Waals surface area contributed by atoms with Crippen LogP contribution in [0.15, 0.2) is 12.4 Å². The molecule has 7 heteroatoms. The van der Waals surface area contributed by atoms with Gasteiger partial charge in [0.15, 0.2) is 0 Å². The highest BCUT2D eigenvalue weighted by Gasteiger charge is 2.20. The summed E-state index contributed by atoms with van der Waals surface area (Å²) in [5, 5.41) is 0. The second-order valence-electron chi connectivity index (χ2n) is 7.92. The molecule has 1 heterocycles. The van der Waals surface area contributed by atoms with Gasteiger partial charge in [0.1, 0.15) is 0 Å². The lowest BCUT2D eigenvalue weighted by Gasteiger charge is -2.26. The molecule has 168 valence electrons. The molecule has 0 N–H and O–H groups in total. The van der Waals surface area contributed by atoms with E-state index in [2.05, 4.69) is 43.1 Å². The van der Waals surface area contributed by atoms with Gasteiger partial charge in [-0.2, -0.15) is 0 Å². The van der Waals surface area contributed by atoms with Crippen LogP contribution in [0.2, 0.25) is 0 Å². The number of nitrogens with zero attached hydrogens (tertiary/aromatic N) is 2. The molecule has 28 heavy (non-hydrogen) atoms. The average Bonchev–Trinajstić information content (AvgIpc) is 2.92. The summed E-state index contributed by atoms with van der Waals surface area (Å²) in [6, 6.07) is 0. The number of halogens is 4. The maximum Gasteiger partial charge on any atom is 0.673 e. The van der Waals surface area contributed by atoms with Crippen LogP contribution in [0.5, 0.6) is 0 Å². The van der Waals surface area contributed by atoms with E-state index in [-0.39, 0.29) is 0 Å². The summed E-state index contributed by atoms with van der Waals surface area (Å²) in [6.07, 6.45) is 25.1. The van der Waals surface area contributed by atoms with Crippen molar-refractivity contribution in [3.05, 3.63) is 12.4 Å². The molecule has 1 aliphatic rings. The van der Waals surface area contributed by atoms with Crippen LogP contribution in [-0.4, -0.2) is 36.8 Å². The minimum atomic E-state index is -6.00. The highest BCUT2D eigenvalue weighted by atomic mass is 19.5. The smallest absolute Gasteiger partial charge is 0.418 e. The molecule has 0 spiro atoms. The van der Waals surface area contributed by atoms with E-state index < -0.39 is 7.25 Å². The second-order valence-corrected chi connectivity index (χ2v) is 7.92. The van der Waals surface area contributed by atoms with E-state index >= 15 is 0 Å². The van der Waals surface area contributed by atoms with Crippen molar-refractivity contribution in [1.29, 1.82) is 0 Å². The number of hydrogen-bond donors (Lipinski definition) is 0. The van der Waals surface area contributed by atoms with Crippen LogP contribution >= 0.6 is 0 Å². The van der Waals surface area contributed by atoms with Gasteiger partial charge in [-0.25, -0.2) is 0 Å². The molecule has 0 aliphatic carbocycles. The van der Waals surface area contributed by atoms with Crippen molar-refractivity contribution in [3.8, 4) is 0 Å². The molecule has 0 fully saturated rings. The van der Waals surface area contributed by atoms with Gasteiger partial charge in [0.05, 0.1) is 6.17 Å². The molecule has 0 saturated heterocycles. The fourth-order valence-electron chi connectivity index (χ4n) is 3.42. The molecule has 0 amide bonds.